The summed E-state index contributed by atoms with van der Waals surface area (Å²) >= 11 is 7.95. The lowest BCUT2D eigenvalue weighted by molar-refractivity contribution is 0.200. The number of thiophene rings is 1. The fourth-order valence-corrected chi connectivity index (χ4v) is 4.12. The number of rotatable bonds is 5. The van der Waals surface area contributed by atoms with E-state index in [0.29, 0.717) is 11.6 Å². The molecular formula is C17H21Cl2FN2OS. The van der Waals surface area contributed by atoms with Crippen molar-refractivity contribution in [1.82, 2.24) is 10.2 Å². The largest absolute Gasteiger partial charge is 0.489 e. The summed E-state index contributed by atoms with van der Waals surface area (Å²) in [6.07, 6.45) is 0. The average molecular weight is 391 g/mol. The molecule has 1 aliphatic heterocycles. The van der Waals surface area contributed by atoms with E-state index in [1.165, 1.54) is 4.88 Å². The lowest BCUT2D eigenvalue weighted by atomic mass is 10.0. The molecule has 0 radical (unpaired) electrons. The standard InChI is InChI=1S/C17H20ClFN2OS.ClH/c1-2-22-17-13(18)10-12(11-14(17)19)16(15-4-3-9-23-15)21-7-5-20-6-8-21;/h3-4,9-11,16,20H,2,5-8H2,1H3;1H/t16-;/m1./s1. The Morgan fingerprint density at radius 3 is 2.71 bits per heavy atom. The summed E-state index contributed by atoms with van der Waals surface area (Å²) in [7, 11) is 0. The second-order valence-electron chi connectivity index (χ2n) is 5.45. The topological polar surface area (TPSA) is 24.5 Å². The van der Waals surface area contributed by atoms with Crippen LogP contribution in [0.4, 0.5) is 4.39 Å². The van der Waals surface area contributed by atoms with E-state index in [4.69, 9.17) is 16.3 Å². The highest BCUT2D eigenvalue weighted by atomic mass is 35.5. The third-order valence-corrected chi connectivity index (χ3v) is 5.16. The van der Waals surface area contributed by atoms with E-state index in [1.54, 1.807) is 17.4 Å². The molecule has 1 aromatic carbocycles. The quantitative estimate of drug-likeness (QED) is 0.820. The van der Waals surface area contributed by atoms with Crippen molar-refractivity contribution in [2.24, 2.45) is 0 Å². The molecule has 0 aliphatic carbocycles. The predicted molar refractivity (Wildman–Crippen MR) is 100 cm³/mol. The van der Waals surface area contributed by atoms with Crippen molar-refractivity contribution in [3.05, 3.63) is 50.9 Å². The fraction of sp³-hybridized carbons (Fsp3) is 0.412. The zero-order valence-electron chi connectivity index (χ0n) is 13.4. The number of nitrogens with one attached hydrogen (secondary N) is 1. The van der Waals surface area contributed by atoms with Crippen LogP contribution in [0.5, 0.6) is 5.75 Å². The Balaban J connectivity index is 0.00000208. The maximum Gasteiger partial charge on any atom is 0.173 e. The van der Waals surface area contributed by atoms with Gasteiger partial charge in [0.1, 0.15) is 0 Å². The van der Waals surface area contributed by atoms with Crippen molar-refractivity contribution >= 4 is 35.3 Å². The highest BCUT2D eigenvalue weighted by molar-refractivity contribution is 7.10. The number of piperazine rings is 1. The van der Waals surface area contributed by atoms with Crippen LogP contribution in [0.2, 0.25) is 5.02 Å². The minimum atomic E-state index is -0.397. The van der Waals surface area contributed by atoms with Gasteiger partial charge in [0.2, 0.25) is 0 Å². The number of hydrogen-bond acceptors (Lipinski definition) is 4. The monoisotopic (exact) mass is 390 g/mol. The Morgan fingerprint density at radius 1 is 1.38 bits per heavy atom. The Labute approximate surface area is 157 Å². The molecule has 0 spiro atoms. The molecule has 24 heavy (non-hydrogen) atoms. The van der Waals surface area contributed by atoms with Gasteiger partial charge in [-0.1, -0.05) is 17.7 Å². The highest BCUT2D eigenvalue weighted by Gasteiger charge is 2.26. The Bertz CT molecular complexity index is 625. The van der Waals surface area contributed by atoms with Crippen molar-refractivity contribution in [3.8, 4) is 5.75 Å². The molecule has 1 fully saturated rings. The first-order valence-corrected chi connectivity index (χ1v) is 9.06. The second kappa shape index (κ2) is 9.02. The molecule has 3 rings (SSSR count). The fourth-order valence-electron chi connectivity index (χ4n) is 2.96. The van der Waals surface area contributed by atoms with Gasteiger partial charge < -0.3 is 10.1 Å². The first-order valence-electron chi connectivity index (χ1n) is 7.80. The molecule has 2 heterocycles. The van der Waals surface area contributed by atoms with Crippen LogP contribution in [0, 0.1) is 5.82 Å². The van der Waals surface area contributed by atoms with Gasteiger partial charge >= 0.3 is 0 Å². The van der Waals surface area contributed by atoms with Crippen LogP contribution in [0.1, 0.15) is 23.4 Å². The summed E-state index contributed by atoms with van der Waals surface area (Å²) in [4.78, 5) is 3.57. The molecule has 0 bridgehead atoms. The smallest absolute Gasteiger partial charge is 0.173 e. The van der Waals surface area contributed by atoms with E-state index in [9.17, 15) is 4.39 Å². The predicted octanol–water partition coefficient (Wildman–Crippen LogP) is 4.36. The molecule has 0 unspecified atom stereocenters. The van der Waals surface area contributed by atoms with Crippen molar-refractivity contribution in [2.45, 2.75) is 13.0 Å². The van der Waals surface area contributed by atoms with Crippen LogP contribution in [-0.4, -0.2) is 37.7 Å². The Morgan fingerprint density at radius 2 is 2.12 bits per heavy atom. The number of hydrogen-bond donors (Lipinski definition) is 1. The van der Waals surface area contributed by atoms with Crippen LogP contribution in [0.25, 0.3) is 0 Å². The number of nitrogens with zero attached hydrogens (tertiary/aromatic N) is 1. The Kier molecular flexibility index (Phi) is 7.32. The molecule has 132 valence electrons. The van der Waals surface area contributed by atoms with Gasteiger partial charge in [0.05, 0.1) is 17.7 Å². The van der Waals surface area contributed by atoms with Crippen molar-refractivity contribution in [2.75, 3.05) is 32.8 Å². The normalized spacial score (nSPS) is 16.5. The van der Waals surface area contributed by atoms with E-state index >= 15 is 0 Å². The zero-order valence-corrected chi connectivity index (χ0v) is 15.8. The van der Waals surface area contributed by atoms with E-state index in [0.717, 1.165) is 31.7 Å². The zero-order chi connectivity index (χ0) is 16.2. The minimum Gasteiger partial charge on any atom is -0.489 e. The SMILES string of the molecule is CCOc1c(F)cc([C@H](c2cccs2)N2CCNCC2)cc1Cl.Cl. The molecule has 0 saturated carbocycles. The van der Waals surface area contributed by atoms with Gasteiger partial charge in [-0.05, 0) is 36.1 Å². The molecule has 2 aromatic rings. The summed E-state index contributed by atoms with van der Waals surface area (Å²) in [5.74, 6) is -0.255. The molecule has 3 nitrogen and oxygen atoms in total. The van der Waals surface area contributed by atoms with Crippen LogP contribution >= 0.6 is 35.3 Å². The summed E-state index contributed by atoms with van der Waals surface area (Å²) in [6, 6.07) is 7.55. The molecule has 0 amide bonds. The van der Waals surface area contributed by atoms with Crippen LogP contribution in [0.15, 0.2) is 29.6 Å². The number of benzene rings is 1. The van der Waals surface area contributed by atoms with Gasteiger partial charge in [-0.2, -0.15) is 0 Å². The van der Waals surface area contributed by atoms with Crippen LogP contribution < -0.4 is 10.1 Å². The first-order chi connectivity index (χ1) is 11.2. The van der Waals surface area contributed by atoms with E-state index in [2.05, 4.69) is 21.7 Å². The first kappa shape index (κ1) is 19.5. The van der Waals surface area contributed by atoms with Crippen molar-refractivity contribution in [3.63, 3.8) is 0 Å². The molecule has 1 aromatic heterocycles. The maximum absolute atomic E-state index is 14.4. The van der Waals surface area contributed by atoms with Gasteiger partial charge in [-0.25, -0.2) is 4.39 Å². The van der Waals surface area contributed by atoms with Crippen LogP contribution in [0.3, 0.4) is 0 Å². The van der Waals surface area contributed by atoms with E-state index < -0.39 is 5.82 Å². The lowest BCUT2D eigenvalue weighted by Gasteiger charge is -2.35. The number of ether oxygens (including phenoxy) is 1. The molecule has 1 atom stereocenters. The molecule has 1 saturated heterocycles. The van der Waals surface area contributed by atoms with Gasteiger partial charge in [0.25, 0.3) is 0 Å². The van der Waals surface area contributed by atoms with Crippen molar-refractivity contribution < 1.29 is 9.13 Å². The van der Waals surface area contributed by atoms with Gasteiger partial charge in [-0.15, -0.1) is 23.7 Å². The molecule has 1 N–H and O–H groups in total. The summed E-state index contributed by atoms with van der Waals surface area (Å²) < 4.78 is 19.7. The second-order valence-corrected chi connectivity index (χ2v) is 6.84. The van der Waals surface area contributed by atoms with Gasteiger partial charge in [-0.3, -0.25) is 4.90 Å². The van der Waals surface area contributed by atoms with Crippen molar-refractivity contribution in [1.29, 1.82) is 0 Å². The molecule has 1 aliphatic rings. The summed E-state index contributed by atoms with van der Waals surface area (Å²) in [5.41, 5.74) is 0.875. The highest BCUT2D eigenvalue weighted by Crippen LogP contribution is 2.37. The lowest BCUT2D eigenvalue weighted by Crippen LogP contribution is -2.45. The van der Waals surface area contributed by atoms with Crippen LogP contribution in [-0.2, 0) is 0 Å². The maximum atomic E-state index is 14.4. The number of halogens is 3. The van der Waals surface area contributed by atoms with E-state index in [1.807, 2.05) is 19.1 Å². The molecule has 7 heteroatoms. The third kappa shape index (κ3) is 4.21. The third-order valence-electron chi connectivity index (χ3n) is 3.95. The average Bonchev–Trinajstić information content (AvgIpc) is 3.06. The summed E-state index contributed by atoms with van der Waals surface area (Å²) in [6.45, 7) is 5.94. The minimum absolute atomic E-state index is 0. The van der Waals surface area contributed by atoms with Gasteiger partial charge in [0, 0.05) is 31.1 Å². The summed E-state index contributed by atoms with van der Waals surface area (Å²) in [5, 5.41) is 5.74. The van der Waals surface area contributed by atoms with Gasteiger partial charge in [0.15, 0.2) is 11.6 Å². The molecular weight excluding hydrogens is 370 g/mol. The Hall–Kier alpha value is -0.850. The van der Waals surface area contributed by atoms with E-state index in [-0.39, 0.29) is 24.2 Å².